The van der Waals surface area contributed by atoms with E-state index in [1.165, 1.54) is 0 Å². The number of hydrogen-bond acceptors (Lipinski definition) is 5. The summed E-state index contributed by atoms with van der Waals surface area (Å²) in [6.07, 6.45) is 1.28. The Morgan fingerprint density at radius 1 is 1.33 bits per heavy atom. The minimum Gasteiger partial charge on any atom is -0.398 e. The van der Waals surface area contributed by atoms with Crippen molar-refractivity contribution in [3.05, 3.63) is 59.4 Å². The van der Waals surface area contributed by atoms with Gasteiger partial charge in [0.1, 0.15) is 0 Å². The van der Waals surface area contributed by atoms with E-state index in [2.05, 4.69) is 15.6 Å². The van der Waals surface area contributed by atoms with Gasteiger partial charge in [0.2, 0.25) is 0 Å². The molecule has 6 N–H and O–H groups in total. The number of aromatic nitrogens is 1. The fraction of sp³-hybridized carbons (Fsp3) is 0.200. The van der Waals surface area contributed by atoms with Gasteiger partial charge in [-0.05, 0) is 37.4 Å². The van der Waals surface area contributed by atoms with Crippen LogP contribution >= 0.6 is 0 Å². The summed E-state index contributed by atoms with van der Waals surface area (Å²) in [7, 11) is 1.73. The number of nitrogens with zero attached hydrogens (tertiary/aromatic N) is 1. The van der Waals surface area contributed by atoms with Crippen molar-refractivity contribution in [3.63, 3.8) is 0 Å². The van der Waals surface area contributed by atoms with Crippen LogP contribution in [0.1, 0.15) is 27.8 Å². The van der Waals surface area contributed by atoms with Crippen LogP contribution in [0.4, 0.5) is 5.69 Å². The fourth-order valence-electron chi connectivity index (χ4n) is 1.92. The first-order valence-electron chi connectivity index (χ1n) is 6.62. The lowest BCUT2D eigenvalue weighted by Gasteiger charge is -2.15. The molecule has 1 amide bonds. The smallest absolute Gasteiger partial charge is 0.251 e. The number of nitrogens with two attached hydrogens (primary N) is 2. The van der Waals surface area contributed by atoms with Crippen LogP contribution in [-0.4, -0.2) is 17.9 Å². The zero-order valence-corrected chi connectivity index (χ0v) is 11.8. The molecule has 0 radical (unpaired) electrons. The molecule has 0 aliphatic rings. The van der Waals surface area contributed by atoms with E-state index in [-0.39, 0.29) is 5.91 Å². The van der Waals surface area contributed by atoms with Crippen LogP contribution in [0.15, 0.2) is 42.6 Å². The molecule has 0 saturated heterocycles. The van der Waals surface area contributed by atoms with Crippen LogP contribution in [0.3, 0.4) is 0 Å². The van der Waals surface area contributed by atoms with Crippen LogP contribution in [0.2, 0.25) is 0 Å². The summed E-state index contributed by atoms with van der Waals surface area (Å²) < 4.78 is 0. The average molecular weight is 285 g/mol. The summed E-state index contributed by atoms with van der Waals surface area (Å²) in [5, 5.41) is 5.72. The Morgan fingerprint density at radius 2 is 2.14 bits per heavy atom. The summed E-state index contributed by atoms with van der Waals surface area (Å²) in [4.78, 5) is 16.3. The standard InChI is InChI=1S/C15H19N5O/c1-18-14(17)12-8-10(5-6-13(12)16)15(21)20-9-11-4-2-3-7-19-11/h2-8,14,18H,9,16-17H2,1H3,(H,20,21). The van der Waals surface area contributed by atoms with E-state index in [9.17, 15) is 4.79 Å². The molecule has 6 heteroatoms. The highest BCUT2D eigenvalue weighted by molar-refractivity contribution is 5.94. The Labute approximate surface area is 123 Å². The average Bonchev–Trinajstić information content (AvgIpc) is 2.53. The van der Waals surface area contributed by atoms with Gasteiger partial charge in [-0.2, -0.15) is 0 Å². The number of rotatable bonds is 5. The molecule has 21 heavy (non-hydrogen) atoms. The first kappa shape index (κ1) is 15.0. The van der Waals surface area contributed by atoms with E-state index in [1.54, 1.807) is 31.4 Å². The van der Waals surface area contributed by atoms with Gasteiger partial charge in [-0.25, -0.2) is 0 Å². The molecule has 1 aromatic heterocycles. The Morgan fingerprint density at radius 3 is 2.81 bits per heavy atom. The third-order valence-electron chi connectivity index (χ3n) is 3.15. The summed E-state index contributed by atoms with van der Waals surface area (Å²) >= 11 is 0. The zero-order valence-electron chi connectivity index (χ0n) is 11.8. The number of carbonyl (C=O) groups is 1. The van der Waals surface area contributed by atoms with Crippen molar-refractivity contribution < 1.29 is 4.79 Å². The monoisotopic (exact) mass is 285 g/mol. The number of amides is 1. The van der Waals surface area contributed by atoms with Gasteiger partial charge in [0.25, 0.3) is 5.91 Å². The maximum atomic E-state index is 12.2. The minimum atomic E-state index is -0.409. The molecular formula is C15H19N5O. The number of nitrogen functional groups attached to an aromatic ring is 1. The van der Waals surface area contributed by atoms with Gasteiger partial charge in [-0.15, -0.1) is 0 Å². The van der Waals surface area contributed by atoms with Crippen molar-refractivity contribution in [2.24, 2.45) is 5.73 Å². The van der Waals surface area contributed by atoms with E-state index in [0.717, 1.165) is 5.69 Å². The third-order valence-corrected chi connectivity index (χ3v) is 3.15. The van der Waals surface area contributed by atoms with Crippen LogP contribution in [0, 0.1) is 0 Å². The van der Waals surface area contributed by atoms with E-state index in [1.807, 2.05) is 18.2 Å². The molecule has 1 heterocycles. The topological polar surface area (TPSA) is 106 Å². The molecule has 0 aliphatic carbocycles. The number of pyridine rings is 1. The van der Waals surface area contributed by atoms with E-state index in [0.29, 0.717) is 23.4 Å². The van der Waals surface area contributed by atoms with Crippen molar-refractivity contribution >= 4 is 11.6 Å². The van der Waals surface area contributed by atoms with E-state index < -0.39 is 6.17 Å². The molecule has 2 aromatic rings. The van der Waals surface area contributed by atoms with Crippen LogP contribution < -0.4 is 22.1 Å². The van der Waals surface area contributed by atoms with E-state index in [4.69, 9.17) is 11.5 Å². The molecule has 6 nitrogen and oxygen atoms in total. The number of anilines is 1. The highest BCUT2D eigenvalue weighted by atomic mass is 16.1. The van der Waals surface area contributed by atoms with Gasteiger partial charge in [-0.3, -0.25) is 9.78 Å². The van der Waals surface area contributed by atoms with Crippen molar-refractivity contribution in [1.82, 2.24) is 15.6 Å². The number of benzene rings is 1. The van der Waals surface area contributed by atoms with Gasteiger partial charge < -0.3 is 22.1 Å². The fourth-order valence-corrected chi connectivity index (χ4v) is 1.92. The Balaban J connectivity index is 2.09. The number of carbonyl (C=O) groups excluding carboxylic acids is 1. The quantitative estimate of drug-likeness (QED) is 0.479. The summed E-state index contributed by atoms with van der Waals surface area (Å²) in [5.41, 5.74) is 14.3. The van der Waals surface area contributed by atoms with Gasteiger partial charge in [0, 0.05) is 23.0 Å². The molecule has 0 bridgehead atoms. The molecular weight excluding hydrogens is 266 g/mol. The second kappa shape index (κ2) is 6.83. The van der Waals surface area contributed by atoms with Crippen LogP contribution in [-0.2, 0) is 6.54 Å². The molecule has 110 valence electrons. The normalized spacial score (nSPS) is 11.9. The third kappa shape index (κ3) is 3.77. The molecule has 1 aromatic carbocycles. The first-order chi connectivity index (χ1) is 10.1. The second-order valence-corrected chi connectivity index (χ2v) is 4.61. The molecule has 1 atom stereocenters. The Bertz CT molecular complexity index is 615. The Hall–Kier alpha value is -2.44. The highest BCUT2D eigenvalue weighted by Crippen LogP contribution is 2.18. The SMILES string of the molecule is CNC(N)c1cc(C(=O)NCc2ccccn2)ccc1N. The molecule has 0 saturated carbocycles. The number of nitrogens with one attached hydrogen (secondary N) is 2. The molecule has 0 fully saturated rings. The highest BCUT2D eigenvalue weighted by Gasteiger charge is 2.12. The van der Waals surface area contributed by atoms with Gasteiger partial charge in [0.15, 0.2) is 0 Å². The molecule has 2 rings (SSSR count). The summed E-state index contributed by atoms with van der Waals surface area (Å²) in [5.74, 6) is -0.190. The Kier molecular flexibility index (Phi) is 4.86. The first-order valence-corrected chi connectivity index (χ1v) is 6.62. The maximum absolute atomic E-state index is 12.2. The number of hydrogen-bond donors (Lipinski definition) is 4. The zero-order chi connectivity index (χ0) is 15.2. The second-order valence-electron chi connectivity index (χ2n) is 4.61. The van der Waals surface area contributed by atoms with Gasteiger partial charge in [-0.1, -0.05) is 6.07 Å². The van der Waals surface area contributed by atoms with Gasteiger partial charge >= 0.3 is 0 Å². The molecule has 1 unspecified atom stereocenters. The predicted molar refractivity (Wildman–Crippen MR) is 82.2 cm³/mol. The lowest BCUT2D eigenvalue weighted by molar-refractivity contribution is 0.0950. The van der Waals surface area contributed by atoms with Crippen LogP contribution in [0.25, 0.3) is 0 Å². The maximum Gasteiger partial charge on any atom is 0.251 e. The van der Waals surface area contributed by atoms with Crippen molar-refractivity contribution in [1.29, 1.82) is 0 Å². The van der Waals surface area contributed by atoms with Crippen molar-refractivity contribution in [2.75, 3.05) is 12.8 Å². The largest absolute Gasteiger partial charge is 0.398 e. The van der Waals surface area contributed by atoms with Crippen molar-refractivity contribution in [2.45, 2.75) is 12.7 Å². The summed E-state index contributed by atoms with van der Waals surface area (Å²) in [6.45, 7) is 0.372. The minimum absolute atomic E-state index is 0.190. The summed E-state index contributed by atoms with van der Waals surface area (Å²) in [6, 6.07) is 10.6. The lowest BCUT2D eigenvalue weighted by atomic mass is 10.1. The van der Waals surface area contributed by atoms with Crippen LogP contribution in [0.5, 0.6) is 0 Å². The van der Waals surface area contributed by atoms with Crippen molar-refractivity contribution in [3.8, 4) is 0 Å². The van der Waals surface area contributed by atoms with E-state index >= 15 is 0 Å². The van der Waals surface area contributed by atoms with Gasteiger partial charge in [0.05, 0.1) is 18.4 Å². The molecule has 0 spiro atoms. The lowest BCUT2D eigenvalue weighted by Crippen LogP contribution is -2.27. The molecule has 0 aliphatic heterocycles. The predicted octanol–water partition coefficient (Wildman–Crippen LogP) is 0.770.